The number of benzene rings is 1. The molecule has 2 amide bonds. The van der Waals surface area contributed by atoms with Crippen LogP contribution in [0.15, 0.2) is 33.7 Å². The smallest absolute Gasteiger partial charge is 0.409 e. The summed E-state index contributed by atoms with van der Waals surface area (Å²) in [5.74, 6) is -0.734. The Kier molecular flexibility index (Phi) is 6.20. The van der Waals surface area contributed by atoms with Crippen molar-refractivity contribution >= 4 is 17.7 Å². The predicted octanol–water partition coefficient (Wildman–Crippen LogP) is 1.62. The van der Waals surface area contributed by atoms with E-state index in [0.717, 1.165) is 0 Å². The van der Waals surface area contributed by atoms with E-state index in [-0.39, 0.29) is 24.2 Å². The molecular formula is C19H23FN4O5. The van der Waals surface area contributed by atoms with Gasteiger partial charge in [0.15, 0.2) is 0 Å². The molecule has 1 saturated heterocycles. The molecule has 1 aromatic carbocycles. The molecule has 10 heteroatoms. The molecule has 0 aliphatic carbocycles. The molecule has 0 bridgehead atoms. The molecule has 1 N–H and O–H groups in total. The van der Waals surface area contributed by atoms with E-state index in [1.54, 1.807) is 24.0 Å². The number of nitrogens with zero attached hydrogens (tertiary/aromatic N) is 3. The zero-order valence-corrected chi connectivity index (χ0v) is 16.3. The van der Waals surface area contributed by atoms with Gasteiger partial charge in [0.25, 0.3) is 0 Å². The minimum atomic E-state index is -0.620. The van der Waals surface area contributed by atoms with E-state index in [9.17, 15) is 18.8 Å². The number of ether oxygens (including phenoxy) is 1. The van der Waals surface area contributed by atoms with Crippen LogP contribution in [0.1, 0.15) is 13.8 Å². The lowest BCUT2D eigenvalue weighted by molar-refractivity contribution is -0.119. The van der Waals surface area contributed by atoms with Gasteiger partial charge in [0.2, 0.25) is 5.91 Å². The van der Waals surface area contributed by atoms with Gasteiger partial charge in [-0.1, -0.05) is 6.07 Å². The van der Waals surface area contributed by atoms with E-state index in [0.29, 0.717) is 44.0 Å². The van der Waals surface area contributed by atoms with Gasteiger partial charge in [0.1, 0.15) is 12.5 Å². The first-order chi connectivity index (χ1) is 13.9. The summed E-state index contributed by atoms with van der Waals surface area (Å²) in [6, 6.07) is 4.53. The molecule has 0 spiro atoms. The van der Waals surface area contributed by atoms with Gasteiger partial charge in [0, 0.05) is 33.1 Å². The van der Waals surface area contributed by atoms with E-state index < -0.39 is 11.4 Å². The molecule has 3 rings (SSSR count). The number of carbonyl (C=O) groups is 2. The van der Waals surface area contributed by atoms with Gasteiger partial charge in [-0.3, -0.25) is 4.79 Å². The van der Waals surface area contributed by atoms with Crippen LogP contribution in [-0.2, 0) is 16.2 Å². The Hall–Kier alpha value is -3.30. The average Bonchev–Trinajstić information content (AvgIpc) is 3.07. The Morgan fingerprint density at radius 2 is 1.97 bits per heavy atom. The maximum atomic E-state index is 14.7. The first kappa shape index (κ1) is 20.4. The number of rotatable bonds is 5. The van der Waals surface area contributed by atoms with Crippen LogP contribution in [0.4, 0.5) is 14.9 Å². The number of hydrogen-bond donors (Lipinski definition) is 1. The van der Waals surface area contributed by atoms with Gasteiger partial charge in [-0.15, -0.1) is 0 Å². The van der Waals surface area contributed by atoms with Gasteiger partial charge in [-0.2, -0.15) is 4.74 Å². The van der Waals surface area contributed by atoms with Crippen LogP contribution in [0.25, 0.3) is 11.1 Å². The van der Waals surface area contributed by atoms with Crippen LogP contribution >= 0.6 is 0 Å². The van der Waals surface area contributed by atoms with Crippen molar-refractivity contribution < 1.29 is 23.2 Å². The fourth-order valence-corrected chi connectivity index (χ4v) is 3.11. The van der Waals surface area contributed by atoms with Gasteiger partial charge in [-0.25, -0.2) is 14.0 Å². The second-order valence-corrected chi connectivity index (χ2v) is 6.57. The molecule has 2 heterocycles. The molecule has 0 radical (unpaired) electrons. The lowest BCUT2D eigenvalue weighted by atomic mass is 10.1. The van der Waals surface area contributed by atoms with Crippen LogP contribution in [0, 0.1) is 5.82 Å². The minimum absolute atomic E-state index is 0.00980. The van der Waals surface area contributed by atoms with E-state index in [2.05, 4.69) is 5.32 Å². The number of piperazine rings is 1. The summed E-state index contributed by atoms with van der Waals surface area (Å²) in [5.41, 5.74) is 0.365. The zero-order valence-electron chi connectivity index (χ0n) is 16.3. The third-order valence-electron chi connectivity index (χ3n) is 4.58. The van der Waals surface area contributed by atoms with E-state index in [4.69, 9.17) is 9.26 Å². The van der Waals surface area contributed by atoms with Crippen molar-refractivity contribution in [2.45, 2.75) is 20.5 Å². The van der Waals surface area contributed by atoms with E-state index >= 15 is 0 Å². The van der Waals surface area contributed by atoms with Gasteiger partial charge in [0.05, 0.1) is 24.1 Å². The van der Waals surface area contributed by atoms with Crippen LogP contribution in [0.3, 0.4) is 0 Å². The van der Waals surface area contributed by atoms with Crippen molar-refractivity contribution in [3.63, 3.8) is 0 Å². The van der Waals surface area contributed by atoms with Crippen molar-refractivity contribution in [1.82, 2.24) is 15.0 Å². The van der Waals surface area contributed by atoms with Gasteiger partial charge < -0.3 is 24.4 Å². The molecule has 1 aliphatic rings. The van der Waals surface area contributed by atoms with Crippen LogP contribution < -0.4 is 15.8 Å². The second-order valence-electron chi connectivity index (χ2n) is 6.57. The van der Waals surface area contributed by atoms with Gasteiger partial charge in [-0.05, 0) is 24.6 Å². The maximum absolute atomic E-state index is 14.7. The third-order valence-corrected chi connectivity index (χ3v) is 4.58. The Bertz CT molecular complexity index is 946. The lowest BCUT2D eigenvalue weighted by Crippen LogP contribution is -2.49. The molecule has 1 fully saturated rings. The van der Waals surface area contributed by atoms with Crippen molar-refractivity contribution in [3.8, 4) is 11.1 Å². The summed E-state index contributed by atoms with van der Waals surface area (Å²) in [6.45, 7) is 5.26. The molecule has 0 saturated carbocycles. The largest absolute Gasteiger partial charge is 0.450 e. The number of hydrogen-bond acceptors (Lipinski definition) is 6. The highest BCUT2D eigenvalue weighted by atomic mass is 19.1. The number of aromatic nitrogens is 1. The van der Waals surface area contributed by atoms with Crippen LogP contribution in [0.2, 0.25) is 0 Å². The molecule has 29 heavy (non-hydrogen) atoms. The normalized spacial score (nSPS) is 14.0. The molecule has 2 aromatic rings. The number of carbonyl (C=O) groups excluding carboxylic acids is 2. The highest BCUT2D eigenvalue weighted by Crippen LogP contribution is 2.26. The number of amides is 2. The minimum Gasteiger partial charge on any atom is -0.450 e. The SMILES string of the molecule is CCOC(=O)N1CCN(c2ccc(-c3cn(CNC(C)=O)oc3=O)cc2F)CC1. The molecule has 0 unspecified atom stereocenters. The molecule has 1 aromatic heterocycles. The Balaban J connectivity index is 1.71. The summed E-state index contributed by atoms with van der Waals surface area (Å²) in [6.07, 6.45) is 1.06. The molecule has 156 valence electrons. The number of halogens is 1. The summed E-state index contributed by atoms with van der Waals surface area (Å²) >= 11 is 0. The van der Waals surface area contributed by atoms with Crippen molar-refractivity contribution in [1.29, 1.82) is 0 Å². The Morgan fingerprint density at radius 3 is 2.59 bits per heavy atom. The quantitative estimate of drug-likeness (QED) is 0.811. The second kappa shape index (κ2) is 8.80. The number of anilines is 1. The Labute approximate surface area is 166 Å². The molecule has 0 atom stereocenters. The van der Waals surface area contributed by atoms with E-state index in [1.807, 2.05) is 4.90 Å². The van der Waals surface area contributed by atoms with E-state index in [1.165, 1.54) is 23.9 Å². The molecular weight excluding hydrogens is 383 g/mol. The van der Waals surface area contributed by atoms with Crippen molar-refractivity contribution in [3.05, 3.63) is 40.6 Å². The van der Waals surface area contributed by atoms with Crippen LogP contribution in [0.5, 0.6) is 0 Å². The molecule has 1 aliphatic heterocycles. The first-order valence-corrected chi connectivity index (χ1v) is 9.30. The third kappa shape index (κ3) is 4.76. The standard InChI is InChI=1S/C19H23FN4O5/c1-3-28-19(27)23-8-6-22(7-9-23)17-5-4-14(10-16(17)20)15-11-24(29-18(15)26)12-21-13(2)25/h4-5,10-11H,3,6-9,12H2,1-2H3,(H,21,25). The monoisotopic (exact) mass is 406 g/mol. The topological polar surface area (TPSA) is 97.0 Å². The van der Waals surface area contributed by atoms with Crippen LogP contribution in [-0.4, -0.2) is 54.4 Å². The van der Waals surface area contributed by atoms with Gasteiger partial charge >= 0.3 is 11.7 Å². The Morgan fingerprint density at radius 1 is 1.24 bits per heavy atom. The first-order valence-electron chi connectivity index (χ1n) is 9.30. The fourth-order valence-electron chi connectivity index (χ4n) is 3.11. The summed E-state index contributed by atoms with van der Waals surface area (Å²) in [5, 5.41) is 2.51. The highest BCUT2D eigenvalue weighted by Gasteiger charge is 2.24. The number of nitrogens with one attached hydrogen (secondary N) is 1. The predicted molar refractivity (Wildman–Crippen MR) is 103 cm³/mol. The average molecular weight is 406 g/mol. The molecule has 9 nitrogen and oxygen atoms in total. The van der Waals surface area contributed by atoms with Crippen molar-refractivity contribution in [2.24, 2.45) is 0 Å². The fraction of sp³-hybridized carbons (Fsp3) is 0.421. The maximum Gasteiger partial charge on any atom is 0.409 e. The van der Waals surface area contributed by atoms with Crippen molar-refractivity contribution in [2.75, 3.05) is 37.7 Å². The summed E-state index contributed by atoms with van der Waals surface area (Å²) in [7, 11) is 0. The lowest BCUT2D eigenvalue weighted by Gasteiger charge is -2.35. The highest BCUT2D eigenvalue weighted by molar-refractivity contribution is 5.72. The summed E-state index contributed by atoms with van der Waals surface area (Å²) < 4.78 is 25.9. The zero-order chi connectivity index (χ0) is 21.0. The summed E-state index contributed by atoms with van der Waals surface area (Å²) in [4.78, 5) is 38.2.